The smallest absolute Gasteiger partial charge is 0.325 e. The molecule has 0 saturated carbocycles. The van der Waals surface area contributed by atoms with Gasteiger partial charge in [0.25, 0.3) is 5.91 Å². The number of hydrogen-bond acceptors (Lipinski definition) is 3. The predicted octanol–water partition coefficient (Wildman–Crippen LogP) is 1.12. The number of aliphatic carboxylic acids is 1. The molecule has 1 aromatic heterocycles. The number of rotatable bonds is 3. The number of hydrogen-bond donors (Lipinski definition) is 2. The minimum absolute atomic E-state index is 0.0851. The number of aromatic nitrogens is 2. The molecule has 0 fully saturated rings. The molecule has 1 heterocycles. The average Bonchev–Trinajstić information content (AvgIpc) is 2.62. The topological polar surface area (TPSA) is 98.2 Å². The van der Waals surface area contributed by atoms with Crippen molar-refractivity contribution >= 4 is 38.7 Å². The molecule has 0 aliphatic heterocycles. The molecule has 0 atom stereocenters. The monoisotopic (exact) mass is 315 g/mol. The summed E-state index contributed by atoms with van der Waals surface area (Å²) in [5, 5.41) is 12.4. The molecule has 0 radical (unpaired) electrons. The fraction of sp³-hybridized carbons (Fsp3) is 0.100. The van der Waals surface area contributed by atoms with Gasteiger partial charge in [-0.2, -0.15) is 5.10 Å². The SMILES string of the molecule is NC(=O)c1nn(CC(=O)O)c2ccc(Br)c(F)c12. The van der Waals surface area contributed by atoms with E-state index in [-0.39, 0.29) is 21.1 Å². The number of carboxylic acids is 1. The maximum Gasteiger partial charge on any atom is 0.325 e. The predicted molar refractivity (Wildman–Crippen MR) is 63.5 cm³/mol. The van der Waals surface area contributed by atoms with E-state index < -0.39 is 24.2 Å². The molecule has 0 bridgehead atoms. The fourth-order valence-corrected chi connectivity index (χ4v) is 1.96. The third-order valence-electron chi connectivity index (χ3n) is 2.33. The van der Waals surface area contributed by atoms with E-state index in [1.54, 1.807) is 0 Å². The van der Waals surface area contributed by atoms with Gasteiger partial charge in [0.05, 0.1) is 15.4 Å². The maximum atomic E-state index is 13.9. The summed E-state index contributed by atoms with van der Waals surface area (Å²) in [7, 11) is 0. The molecule has 0 saturated heterocycles. The van der Waals surface area contributed by atoms with Crippen LogP contribution in [-0.4, -0.2) is 26.8 Å². The minimum atomic E-state index is -1.15. The summed E-state index contributed by atoms with van der Waals surface area (Å²) in [6.07, 6.45) is 0. The summed E-state index contributed by atoms with van der Waals surface area (Å²) in [4.78, 5) is 21.9. The second kappa shape index (κ2) is 4.37. The van der Waals surface area contributed by atoms with Crippen molar-refractivity contribution < 1.29 is 19.1 Å². The number of fused-ring (bicyclic) bond motifs is 1. The number of amides is 1. The lowest BCUT2D eigenvalue weighted by Crippen LogP contribution is -2.14. The number of carbonyl (C=O) groups is 2. The van der Waals surface area contributed by atoms with E-state index in [2.05, 4.69) is 21.0 Å². The van der Waals surface area contributed by atoms with Crippen LogP contribution in [0.15, 0.2) is 16.6 Å². The van der Waals surface area contributed by atoms with Gasteiger partial charge in [0.1, 0.15) is 12.4 Å². The van der Waals surface area contributed by atoms with E-state index in [0.29, 0.717) is 0 Å². The van der Waals surface area contributed by atoms with Crippen molar-refractivity contribution in [3.63, 3.8) is 0 Å². The van der Waals surface area contributed by atoms with E-state index in [9.17, 15) is 14.0 Å². The number of primary amides is 1. The first-order chi connectivity index (χ1) is 8.41. The Bertz CT molecular complexity index is 668. The lowest BCUT2D eigenvalue weighted by molar-refractivity contribution is -0.137. The van der Waals surface area contributed by atoms with E-state index in [1.165, 1.54) is 12.1 Å². The van der Waals surface area contributed by atoms with Crippen molar-refractivity contribution in [3.8, 4) is 0 Å². The Morgan fingerprint density at radius 1 is 1.50 bits per heavy atom. The molecule has 3 N–H and O–H groups in total. The van der Waals surface area contributed by atoms with Crippen molar-refractivity contribution in [1.82, 2.24) is 9.78 Å². The Kier molecular flexibility index (Phi) is 3.04. The zero-order valence-electron chi connectivity index (χ0n) is 8.85. The van der Waals surface area contributed by atoms with Crippen LogP contribution in [0, 0.1) is 5.82 Å². The first-order valence-corrected chi connectivity index (χ1v) is 5.57. The lowest BCUT2D eigenvalue weighted by Gasteiger charge is -2.00. The standard InChI is InChI=1S/C10H7BrFN3O3/c11-4-1-2-5-7(8(4)12)9(10(13)18)14-15(5)3-6(16)17/h1-2H,3H2,(H2,13,18)(H,16,17). The van der Waals surface area contributed by atoms with Gasteiger partial charge in [-0.3, -0.25) is 14.3 Å². The summed E-state index contributed by atoms with van der Waals surface area (Å²) < 4.78 is 15.1. The molecule has 6 nitrogen and oxygen atoms in total. The summed E-state index contributed by atoms with van der Waals surface area (Å²) in [5.74, 6) is -2.77. The highest BCUT2D eigenvalue weighted by molar-refractivity contribution is 9.10. The quantitative estimate of drug-likeness (QED) is 0.886. The van der Waals surface area contributed by atoms with Crippen molar-refractivity contribution in [2.45, 2.75) is 6.54 Å². The van der Waals surface area contributed by atoms with Gasteiger partial charge in [0.15, 0.2) is 5.69 Å². The van der Waals surface area contributed by atoms with E-state index in [0.717, 1.165) is 4.68 Å². The molecule has 0 aliphatic rings. The van der Waals surface area contributed by atoms with Gasteiger partial charge in [0, 0.05) is 0 Å². The molecular weight excluding hydrogens is 309 g/mol. The number of halogens is 2. The molecule has 18 heavy (non-hydrogen) atoms. The first-order valence-electron chi connectivity index (χ1n) is 4.78. The van der Waals surface area contributed by atoms with Gasteiger partial charge in [-0.15, -0.1) is 0 Å². The minimum Gasteiger partial charge on any atom is -0.480 e. The second-order valence-electron chi connectivity index (χ2n) is 3.52. The fourth-order valence-electron chi connectivity index (χ4n) is 1.63. The molecule has 2 rings (SSSR count). The van der Waals surface area contributed by atoms with Crippen LogP contribution < -0.4 is 5.73 Å². The molecule has 2 aromatic rings. The van der Waals surface area contributed by atoms with Crippen LogP contribution in [0.2, 0.25) is 0 Å². The van der Waals surface area contributed by atoms with E-state index in [1.807, 2.05) is 0 Å². The van der Waals surface area contributed by atoms with Crippen molar-refractivity contribution in [2.24, 2.45) is 5.73 Å². The van der Waals surface area contributed by atoms with E-state index >= 15 is 0 Å². The van der Waals surface area contributed by atoms with Gasteiger partial charge in [-0.1, -0.05) is 0 Å². The molecule has 94 valence electrons. The van der Waals surface area contributed by atoms with Crippen LogP contribution >= 0.6 is 15.9 Å². The maximum absolute atomic E-state index is 13.9. The number of nitrogens with two attached hydrogens (primary N) is 1. The zero-order valence-corrected chi connectivity index (χ0v) is 10.4. The van der Waals surface area contributed by atoms with Gasteiger partial charge in [-0.05, 0) is 28.1 Å². The van der Waals surface area contributed by atoms with Crippen LogP contribution in [0.4, 0.5) is 4.39 Å². The van der Waals surface area contributed by atoms with Crippen LogP contribution in [0.1, 0.15) is 10.5 Å². The van der Waals surface area contributed by atoms with Crippen LogP contribution in [-0.2, 0) is 11.3 Å². The van der Waals surface area contributed by atoms with Gasteiger partial charge < -0.3 is 10.8 Å². The largest absolute Gasteiger partial charge is 0.480 e. The number of carboxylic acid groups (broad SMARTS) is 1. The molecule has 1 aromatic carbocycles. The Balaban J connectivity index is 2.80. The Hall–Kier alpha value is -1.96. The highest BCUT2D eigenvalue weighted by Crippen LogP contribution is 2.27. The Morgan fingerprint density at radius 3 is 2.72 bits per heavy atom. The Morgan fingerprint density at radius 2 is 2.17 bits per heavy atom. The lowest BCUT2D eigenvalue weighted by atomic mass is 10.2. The Labute approximate surface area is 108 Å². The average molecular weight is 316 g/mol. The summed E-state index contributed by atoms with van der Waals surface area (Å²) in [6, 6.07) is 2.87. The molecule has 0 aliphatic carbocycles. The molecule has 1 amide bonds. The number of nitrogens with zero attached hydrogens (tertiary/aromatic N) is 2. The number of carbonyl (C=O) groups excluding carboxylic acids is 1. The van der Waals surface area contributed by atoms with Crippen LogP contribution in [0.5, 0.6) is 0 Å². The van der Waals surface area contributed by atoms with Crippen molar-refractivity contribution in [2.75, 3.05) is 0 Å². The van der Waals surface area contributed by atoms with Gasteiger partial charge in [-0.25, -0.2) is 4.39 Å². The molecule has 8 heteroatoms. The third-order valence-corrected chi connectivity index (χ3v) is 2.94. The summed E-state index contributed by atoms with van der Waals surface area (Å²) >= 11 is 2.98. The highest BCUT2D eigenvalue weighted by atomic mass is 79.9. The molecule has 0 spiro atoms. The van der Waals surface area contributed by atoms with Crippen LogP contribution in [0.3, 0.4) is 0 Å². The van der Waals surface area contributed by atoms with Crippen molar-refractivity contribution in [3.05, 3.63) is 28.1 Å². The third kappa shape index (κ3) is 1.94. The van der Waals surface area contributed by atoms with Crippen LogP contribution in [0.25, 0.3) is 10.9 Å². The number of benzene rings is 1. The van der Waals surface area contributed by atoms with Crippen molar-refractivity contribution in [1.29, 1.82) is 0 Å². The summed E-state index contributed by atoms with van der Waals surface area (Å²) in [5.41, 5.74) is 5.01. The highest BCUT2D eigenvalue weighted by Gasteiger charge is 2.20. The zero-order chi connectivity index (χ0) is 13.4. The molecule has 0 unspecified atom stereocenters. The normalized spacial score (nSPS) is 10.8. The van der Waals surface area contributed by atoms with Gasteiger partial charge >= 0.3 is 5.97 Å². The van der Waals surface area contributed by atoms with Gasteiger partial charge in [0.2, 0.25) is 0 Å². The van der Waals surface area contributed by atoms with E-state index in [4.69, 9.17) is 10.8 Å². The molecular formula is C10H7BrFN3O3. The second-order valence-corrected chi connectivity index (χ2v) is 4.37. The summed E-state index contributed by atoms with van der Waals surface area (Å²) in [6.45, 7) is -0.481. The first kappa shape index (κ1) is 12.5.